The average Bonchev–Trinajstić information content (AvgIpc) is 2.35. The second-order valence-corrected chi connectivity index (χ2v) is 4.42. The summed E-state index contributed by atoms with van der Waals surface area (Å²) in [6, 6.07) is 4.03. The van der Waals surface area contributed by atoms with Crippen molar-refractivity contribution in [1.29, 1.82) is 0 Å². The lowest BCUT2D eigenvalue weighted by molar-refractivity contribution is 0.289. The molecule has 1 aromatic heterocycles. The number of hydrogen-bond acceptors (Lipinski definition) is 2. The van der Waals surface area contributed by atoms with Crippen molar-refractivity contribution in [3.8, 4) is 0 Å². The molecule has 0 aliphatic rings. The van der Waals surface area contributed by atoms with Gasteiger partial charge in [-0.15, -0.1) is 0 Å². The minimum atomic E-state index is 0.249. The Morgan fingerprint density at radius 2 is 1.88 bits per heavy atom. The van der Waals surface area contributed by atoms with E-state index in [0.717, 1.165) is 12.8 Å². The number of allylic oxidation sites excluding steroid dienone is 4. The van der Waals surface area contributed by atoms with E-state index in [1.807, 2.05) is 24.5 Å². The molecule has 1 N–H and O–H groups in total. The van der Waals surface area contributed by atoms with Crippen molar-refractivity contribution in [3.63, 3.8) is 0 Å². The number of aliphatic hydroxyl groups is 1. The second-order valence-electron chi connectivity index (χ2n) is 4.42. The third kappa shape index (κ3) is 4.53. The van der Waals surface area contributed by atoms with Crippen LogP contribution in [-0.2, 0) is 0 Å². The molecule has 17 heavy (non-hydrogen) atoms. The van der Waals surface area contributed by atoms with Gasteiger partial charge in [-0.1, -0.05) is 11.6 Å². The third-order valence-corrected chi connectivity index (χ3v) is 2.77. The first-order valence-corrected chi connectivity index (χ1v) is 6.01. The largest absolute Gasteiger partial charge is 0.396 e. The van der Waals surface area contributed by atoms with Crippen molar-refractivity contribution in [1.82, 2.24) is 4.98 Å². The molecule has 0 aliphatic heterocycles. The predicted octanol–water partition coefficient (Wildman–Crippen LogP) is 3.59. The molecular formula is C15H21NO. The predicted molar refractivity (Wildman–Crippen MR) is 72.6 cm³/mol. The van der Waals surface area contributed by atoms with Crippen LogP contribution in [-0.4, -0.2) is 16.7 Å². The molecule has 0 aromatic carbocycles. The molecule has 0 bridgehead atoms. The van der Waals surface area contributed by atoms with E-state index in [0.29, 0.717) is 0 Å². The Bertz CT molecular complexity index is 400. The Hall–Kier alpha value is -1.41. The SMILES string of the molecule is CC(C)=C(/C=C(\C)c1ccncc1)CCCO. The van der Waals surface area contributed by atoms with E-state index in [4.69, 9.17) is 5.11 Å². The van der Waals surface area contributed by atoms with Crippen molar-refractivity contribution >= 4 is 5.57 Å². The van der Waals surface area contributed by atoms with Gasteiger partial charge in [0.1, 0.15) is 0 Å². The van der Waals surface area contributed by atoms with Gasteiger partial charge in [-0.3, -0.25) is 4.98 Å². The molecular weight excluding hydrogens is 210 g/mol. The summed E-state index contributed by atoms with van der Waals surface area (Å²) in [6.45, 7) is 6.59. The van der Waals surface area contributed by atoms with E-state index in [-0.39, 0.29) is 6.61 Å². The standard InChI is InChI=1S/C15H21NO/c1-12(2)15(5-4-10-17)11-13(3)14-6-8-16-9-7-14/h6-9,11,17H,4-5,10H2,1-3H3/b13-11+. The van der Waals surface area contributed by atoms with Crippen LogP contribution in [0.1, 0.15) is 39.2 Å². The highest BCUT2D eigenvalue weighted by Gasteiger charge is 2.00. The number of aliphatic hydroxyl groups excluding tert-OH is 1. The summed E-state index contributed by atoms with van der Waals surface area (Å²) in [5, 5.41) is 8.90. The summed E-state index contributed by atoms with van der Waals surface area (Å²) in [5.41, 5.74) is 5.06. The average molecular weight is 231 g/mol. The Balaban J connectivity index is 2.89. The molecule has 0 unspecified atom stereocenters. The van der Waals surface area contributed by atoms with Gasteiger partial charge < -0.3 is 5.11 Å². The monoisotopic (exact) mass is 231 g/mol. The fraction of sp³-hybridized carbons (Fsp3) is 0.400. The zero-order chi connectivity index (χ0) is 12.7. The lowest BCUT2D eigenvalue weighted by Gasteiger charge is -2.07. The van der Waals surface area contributed by atoms with Gasteiger partial charge in [-0.2, -0.15) is 0 Å². The number of pyridine rings is 1. The summed E-state index contributed by atoms with van der Waals surface area (Å²) in [7, 11) is 0. The lowest BCUT2D eigenvalue weighted by Crippen LogP contribution is -1.89. The number of nitrogens with zero attached hydrogens (tertiary/aromatic N) is 1. The zero-order valence-corrected chi connectivity index (χ0v) is 10.9. The molecule has 1 heterocycles. The Kier molecular flexibility index (Phi) is 5.64. The van der Waals surface area contributed by atoms with Gasteiger partial charge in [-0.05, 0) is 62.5 Å². The van der Waals surface area contributed by atoms with Crippen molar-refractivity contribution in [2.75, 3.05) is 6.61 Å². The molecule has 0 atom stereocenters. The Morgan fingerprint density at radius 1 is 1.24 bits per heavy atom. The van der Waals surface area contributed by atoms with Crippen LogP contribution >= 0.6 is 0 Å². The van der Waals surface area contributed by atoms with Gasteiger partial charge in [0.25, 0.3) is 0 Å². The fourth-order valence-corrected chi connectivity index (χ4v) is 1.70. The van der Waals surface area contributed by atoms with Crippen LogP contribution in [0.5, 0.6) is 0 Å². The molecule has 0 saturated carbocycles. The minimum Gasteiger partial charge on any atom is -0.396 e. The summed E-state index contributed by atoms with van der Waals surface area (Å²) in [6.07, 6.45) is 7.58. The van der Waals surface area contributed by atoms with Crippen LogP contribution in [0.2, 0.25) is 0 Å². The van der Waals surface area contributed by atoms with Gasteiger partial charge in [-0.25, -0.2) is 0 Å². The Morgan fingerprint density at radius 3 is 2.41 bits per heavy atom. The Labute approximate surface area is 104 Å². The normalized spacial score (nSPS) is 11.4. The summed E-state index contributed by atoms with van der Waals surface area (Å²) in [5.74, 6) is 0. The van der Waals surface area contributed by atoms with Crippen LogP contribution in [0.4, 0.5) is 0 Å². The van der Waals surface area contributed by atoms with E-state index in [1.54, 1.807) is 0 Å². The molecule has 0 aliphatic carbocycles. The van der Waals surface area contributed by atoms with E-state index >= 15 is 0 Å². The van der Waals surface area contributed by atoms with Gasteiger partial charge in [0.2, 0.25) is 0 Å². The topological polar surface area (TPSA) is 33.1 Å². The van der Waals surface area contributed by atoms with Gasteiger partial charge >= 0.3 is 0 Å². The van der Waals surface area contributed by atoms with E-state index < -0.39 is 0 Å². The van der Waals surface area contributed by atoms with E-state index in [2.05, 4.69) is 31.8 Å². The van der Waals surface area contributed by atoms with Crippen molar-refractivity contribution in [3.05, 3.63) is 47.3 Å². The maximum atomic E-state index is 8.90. The van der Waals surface area contributed by atoms with Gasteiger partial charge in [0.05, 0.1) is 0 Å². The van der Waals surface area contributed by atoms with Crippen LogP contribution in [0, 0.1) is 0 Å². The van der Waals surface area contributed by atoms with Crippen LogP contribution in [0.3, 0.4) is 0 Å². The molecule has 0 amide bonds. The maximum Gasteiger partial charge on any atom is 0.0434 e. The molecule has 1 aromatic rings. The molecule has 0 radical (unpaired) electrons. The van der Waals surface area contributed by atoms with Crippen LogP contribution < -0.4 is 0 Å². The first kappa shape index (κ1) is 13.7. The minimum absolute atomic E-state index is 0.249. The van der Waals surface area contributed by atoms with E-state index in [9.17, 15) is 0 Å². The zero-order valence-electron chi connectivity index (χ0n) is 10.9. The number of hydrogen-bond donors (Lipinski definition) is 1. The second kappa shape index (κ2) is 7.02. The number of rotatable bonds is 5. The third-order valence-electron chi connectivity index (χ3n) is 2.77. The molecule has 0 fully saturated rings. The maximum absolute atomic E-state index is 8.90. The highest BCUT2D eigenvalue weighted by Crippen LogP contribution is 2.19. The van der Waals surface area contributed by atoms with Crippen LogP contribution in [0.25, 0.3) is 5.57 Å². The fourth-order valence-electron chi connectivity index (χ4n) is 1.70. The van der Waals surface area contributed by atoms with Gasteiger partial charge in [0, 0.05) is 19.0 Å². The summed E-state index contributed by atoms with van der Waals surface area (Å²) < 4.78 is 0. The quantitative estimate of drug-likeness (QED) is 0.785. The highest BCUT2D eigenvalue weighted by atomic mass is 16.2. The highest BCUT2D eigenvalue weighted by molar-refractivity contribution is 5.66. The number of aromatic nitrogens is 1. The molecule has 2 heteroatoms. The smallest absolute Gasteiger partial charge is 0.0434 e. The first-order valence-electron chi connectivity index (χ1n) is 6.01. The van der Waals surface area contributed by atoms with Gasteiger partial charge in [0.15, 0.2) is 0 Å². The molecule has 0 saturated heterocycles. The summed E-state index contributed by atoms with van der Waals surface area (Å²) in [4.78, 5) is 4.02. The molecule has 2 nitrogen and oxygen atoms in total. The van der Waals surface area contributed by atoms with Crippen molar-refractivity contribution in [2.24, 2.45) is 0 Å². The molecule has 0 spiro atoms. The van der Waals surface area contributed by atoms with E-state index in [1.165, 1.54) is 22.3 Å². The van der Waals surface area contributed by atoms with Crippen molar-refractivity contribution in [2.45, 2.75) is 33.6 Å². The van der Waals surface area contributed by atoms with Crippen molar-refractivity contribution < 1.29 is 5.11 Å². The first-order chi connectivity index (χ1) is 8.15. The molecule has 92 valence electrons. The lowest BCUT2D eigenvalue weighted by atomic mass is 10.00. The van der Waals surface area contributed by atoms with Crippen LogP contribution in [0.15, 0.2) is 41.7 Å². The summed E-state index contributed by atoms with van der Waals surface area (Å²) >= 11 is 0. The molecule has 1 rings (SSSR count).